The first-order valence-electron chi connectivity index (χ1n) is 8.61. The van der Waals surface area contributed by atoms with Gasteiger partial charge in [-0.3, -0.25) is 0 Å². The molecule has 21 heavy (non-hydrogen) atoms. The van der Waals surface area contributed by atoms with Crippen molar-refractivity contribution in [2.75, 3.05) is 13.1 Å². The molecule has 0 radical (unpaired) electrons. The molecule has 0 spiro atoms. The fourth-order valence-electron chi connectivity index (χ4n) is 5.00. The zero-order chi connectivity index (χ0) is 13.8. The van der Waals surface area contributed by atoms with Gasteiger partial charge in [-0.1, -0.05) is 31.0 Å². The maximum Gasteiger partial charge on any atom is 0.200 e. The summed E-state index contributed by atoms with van der Waals surface area (Å²) in [5, 5.41) is 1.45. The predicted octanol–water partition coefficient (Wildman–Crippen LogP) is 3.74. The summed E-state index contributed by atoms with van der Waals surface area (Å²) in [5.41, 5.74) is 5.98. The van der Waals surface area contributed by atoms with Gasteiger partial charge in [0.05, 0.1) is 0 Å². The molecule has 1 fully saturated rings. The second-order valence-electron chi connectivity index (χ2n) is 7.18. The van der Waals surface area contributed by atoms with E-state index < -0.39 is 0 Å². The minimum absolute atomic E-state index is 0.947. The second-order valence-corrected chi connectivity index (χ2v) is 7.18. The van der Waals surface area contributed by atoms with E-state index >= 15 is 0 Å². The molecular weight excluding hydrogens is 256 g/mol. The molecule has 2 aromatic rings. The lowest BCUT2D eigenvalue weighted by Gasteiger charge is -2.35. The zero-order valence-electron chi connectivity index (χ0n) is 12.6. The van der Waals surface area contributed by atoms with Gasteiger partial charge in [-0.25, -0.2) is 4.58 Å². The number of fused-ring (bicyclic) bond motifs is 5. The van der Waals surface area contributed by atoms with Crippen molar-refractivity contribution in [3.8, 4) is 0 Å². The second kappa shape index (κ2) is 4.46. The van der Waals surface area contributed by atoms with Crippen molar-refractivity contribution in [2.24, 2.45) is 11.8 Å². The van der Waals surface area contributed by atoms with Crippen LogP contribution in [0.2, 0.25) is 0 Å². The summed E-state index contributed by atoms with van der Waals surface area (Å²) in [5.74, 6) is 1.91. The van der Waals surface area contributed by atoms with Gasteiger partial charge in [0.2, 0.25) is 0 Å². The largest absolute Gasteiger partial charge is 0.350 e. The Kier molecular flexibility index (Phi) is 2.55. The summed E-state index contributed by atoms with van der Waals surface area (Å²) in [6, 6.07) is 8.83. The van der Waals surface area contributed by atoms with E-state index in [0.717, 1.165) is 11.8 Å². The summed E-state index contributed by atoms with van der Waals surface area (Å²) in [6.07, 6.45) is 8.35. The zero-order valence-corrected chi connectivity index (χ0v) is 12.6. The Balaban J connectivity index is 1.64. The van der Waals surface area contributed by atoms with Crippen LogP contribution in [0.4, 0.5) is 0 Å². The van der Waals surface area contributed by atoms with Gasteiger partial charge < -0.3 is 4.98 Å². The van der Waals surface area contributed by atoms with E-state index in [1.54, 1.807) is 11.3 Å². The van der Waals surface area contributed by atoms with Crippen LogP contribution in [0.1, 0.15) is 43.4 Å². The predicted molar refractivity (Wildman–Crippen MR) is 86.2 cm³/mol. The number of para-hydroxylation sites is 1. The molecule has 2 heteroatoms. The highest BCUT2D eigenvalue weighted by molar-refractivity contribution is 6.03. The van der Waals surface area contributed by atoms with E-state index in [1.165, 1.54) is 68.2 Å². The molecular formula is C19H23N2+. The van der Waals surface area contributed by atoms with Crippen LogP contribution in [-0.4, -0.2) is 28.4 Å². The number of aromatic amines is 1. The maximum atomic E-state index is 3.73. The van der Waals surface area contributed by atoms with Crippen LogP contribution in [0, 0.1) is 11.8 Å². The van der Waals surface area contributed by atoms with Gasteiger partial charge in [0.15, 0.2) is 5.71 Å². The van der Waals surface area contributed by atoms with Crippen LogP contribution in [-0.2, 0) is 6.42 Å². The van der Waals surface area contributed by atoms with Gasteiger partial charge >= 0.3 is 0 Å². The molecule has 0 amide bonds. The van der Waals surface area contributed by atoms with Crippen LogP contribution in [0.3, 0.4) is 0 Å². The molecule has 1 aromatic heterocycles. The highest BCUT2D eigenvalue weighted by atomic mass is 15.1. The number of rotatable bonds is 0. The van der Waals surface area contributed by atoms with Gasteiger partial charge in [0.25, 0.3) is 0 Å². The molecule has 3 heterocycles. The van der Waals surface area contributed by atoms with E-state index in [4.69, 9.17) is 0 Å². The normalized spacial score (nSPS) is 28.2. The topological polar surface area (TPSA) is 18.8 Å². The number of hydrogen-bond acceptors (Lipinski definition) is 0. The average Bonchev–Trinajstić information content (AvgIpc) is 2.92. The van der Waals surface area contributed by atoms with Gasteiger partial charge in [0.1, 0.15) is 18.8 Å². The van der Waals surface area contributed by atoms with Crippen molar-refractivity contribution >= 4 is 16.6 Å². The van der Waals surface area contributed by atoms with E-state index in [-0.39, 0.29) is 0 Å². The first-order chi connectivity index (χ1) is 10.4. The van der Waals surface area contributed by atoms with Crippen LogP contribution in [0.15, 0.2) is 24.3 Å². The van der Waals surface area contributed by atoms with Crippen molar-refractivity contribution in [1.29, 1.82) is 0 Å². The van der Waals surface area contributed by atoms with E-state index in [2.05, 4.69) is 33.8 Å². The highest BCUT2D eigenvalue weighted by Crippen LogP contribution is 2.38. The van der Waals surface area contributed by atoms with Crippen molar-refractivity contribution in [3.05, 3.63) is 35.5 Å². The number of aromatic nitrogens is 1. The Morgan fingerprint density at radius 3 is 2.86 bits per heavy atom. The summed E-state index contributed by atoms with van der Waals surface area (Å²) in [7, 11) is 0. The quantitative estimate of drug-likeness (QED) is 0.709. The Bertz CT molecular complexity index is 737. The van der Waals surface area contributed by atoms with Crippen molar-refractivity contribution in [1.82, 2.24) is 4.98 Å². The number of hydrogen-bond donors (Lipinski definition) is 1. The first kappa shape index (κ1) is 12.0. The Morgan fingerprint density at radius 1 is 1.05 bits per heavy atom. The van der Waals surface area contributed by atoms with Gasteiger partial charge in [-0.2, -0.15) is 0 Å². The molecule has 2 aliphatic heterocycles. The van der Waals surface area contributed by atoms with Crippen LogP contribution in [0.25, 0.3) is 10.9 Å². The summed E-state index contributed by atoms with van der Waals surface area (Å²) < 4.78 is 2.70. The minimum atomic E-state index is 0.947. The standard InChI is InChI=1S/C19H22N2/c1-2-6-14-12-21-10-9-16-15-7-3-4-8-17(15)20-19(16)18(21)11-13(14)5-1/h3-4,7-8,13-14H,1-2,5-6,9-12H2/p+1/t13-,14-/m0/s1. The highest BCUT2D eigenvalue weighted by Gasteiger charge is 2.40. The smallest absolute Gasteiger partial charge is 0.200 e. The SMILES string of the molecule is c1ccc2c3c([nH]c2c1)C1=[N+](CC3)C[C@@H]2CCCC[C@H]2C1. The third-order valence-electron chi connectivity index (χ3n) is 6.09. The maximum absolute atomic E-state index is 3.73. The van der Waals surface area contributed by atoms with E-state index in [1.807, 2.05) is 0 Å². The van der Waals surface area contributed by atoms with Crippen LogP contribution >= 0.6 is 0 Å². The fourth-order valence-corrected chi connectivity index (χ4v) is 5.00. The van der Waals surface area contributed by atoms with Crippen molar-refractivity contribution in [2.45, 2.75) is 38.5 Å². The number of nitrogens with zero attached hydrogens (tertiary/aromatic N) is 1. The molecule has 0 unspecified atom stereocenters. The molecule has 0 saturated heterocycles. The molecule has 1 saturated carbocycles. The first-order valence-corrected chi connectivity index (χ1v) is 8.61. The molecule has 2 atom stereocenters. The van der Waals surface area contributed by atoms with Crippen LogP contribution in [0.5, 0.6) is 0 Å². The Hall–Kier alpha value is -1.57. The Morgan fingerprint density at radius 2 is 1.90 bits per heavy atom. The molecule has 1 aliphatic carbocycles. The third kappa shape index (κ3) is 1.74. The molecule has 3 aliphatic rings. The summed E-state index contributed by atoms with van der Waals surface area (Å²) in [6.45, 7) is 2.54. The number of H-pyrrole nitrogens is 1. The minimum Gasteiger partial charge on any atom is -0.350 e. The fraction of sp³-hybridized carbons (Fsp3) is 0.526. The number of benzene rings is 1. The van der Waals surface area contributed by atoms with Crippen molar-refractivity contribution < 1.29 is 4.58 Å². The van der Waals surface area contributed by atoms with Gasteiger partial charge in [-0.05, 0) is 30.4 Å². The number of nitrogens with one attached hydrogen (secondary N) is 1. The van der Waals surface area contributed by atoms with E-state index in [0.29, 0.717) is 0 Å². The van der Waals surface area contributed by atoms with Crippen LogP contribution < -0.4 is 0 Å². The molecule has 5 rings (SSSR count). The lowest BCUT2D eigenvalue weighted by atomic mass is 9.73. The average molecular weight is 279 g/mol. The lowest BCUT2D eigenvalue weighted by molar-refractivity contribution is -0.544. The molecule has 0 bridgehead atoms. The van der Waals surface area contributed by atoms with Crippen molar-refractivity contribution in [3.63, 3.8) is 0 Å². The third-order valence-corrected chi connectivity index (χ3v) is 6.09. The molecule has 1 N–H and O–H groups in total. The van der Waals surface area contributed by atoms with Gasteiger partial charge in [0, 0.05) is 29.7 Å². The summed E-state index contributed by atoms with van der Waals surface area (Å²) in [4.78, 5) is 3.73. The lowest BCUT2D eigenvalue weighted by Crippen LogP contribution is -2.43. The summed E-state index contributed by atoms with van der Waals surface area (Å²) >= 11 is 0. The molecule has 108 valence electrons. The molecule has 1 aromatic carbocycles. The monoisotopic (exact) mass is 279 g/mol. The molecule has 2 nitrogen and oxygen atoms in total. The van der Waals surface area contributed by atoms with Gasteiger partial charge in [-0.15, -0.1) is 0 Å². The Labute approximate surface area is 125 Å². The van der Waals surface area contributed by atoms with E-state index in [9.17, 15) is 0 Å².